The third-order valence-electron chi connectivity index (χ3n) is 1.83. The fourth-order valence-electron chi connectivity index (χ4n) is 0.855. The summed E-state index contributed by atoms with van der Waals surface area (Å²) in [4.78, 5) is 15.1. The molecule has 0 spiro atoms. The maximum Gasteiger partial charge on any atom is 0.224 e. The Morgan fingerprint density at radius 3 is 2.31 bits per heavy atom. The largest absolute Gasteiger partial charge is 0.384 e. The topological polar surface area (TPSA) is 32.8 Å². The first-order valence-electron chi connectivity index (χ1n) is 4.45. The minimum atomic E-state index is 0.142. The van der Waals surface area contributed by atoms with Crippen molar-refractivity contribution >= 4 is 5.91 Å². The van der Waals surface area contributed by atoms with E-state index in [1.54, 1.807) is 12.0 Å². The Hall–Kier alpha value is -0.610. The summed E-state index contributed by atoms with van der Waals surface area (Å²) in [5.74, 6) is 0.142. The van der Waals surface area contributed by atoms with Gasteiger partial charge in [0, 0.05) is 27.2 Å². The van der Waals surface area contributed by atoms with Crippen molar-refractivity contribution in [3.8, 4) is 0 Å². The highest BCUT2D eigenvalue weighted by atomic mass is 16.5. The zero-order chi connectivity index (χ0) is 10.3. The summed E-state index contributed by atoms with van der Waals surface area (Å²) in [6.45, 7) is 2.18. The molecule has 0 aliphatic rings. The minimum absolute atomic E-state index is 0.142. The van der Waals surface area contributed by atoms with Crippen LogP contribution in [0.4, 0.5) is 0 Å². The zero-order valence-electron chi connectivity index (χ0n) is 9.04. The van der Waals surface area contributed by atoms with Crippen molar-refractivity contribution in [3.05, 3.63) is 0 Å². The van der Waals surface area contributed by atoms with Gasteiger partial charge in [0.2, 0.25) is 5.91 Å². The van der Waals surface area contributed by atoms with Crippen LogP contribution in [0, 0.1) is 0 Å². The Bertz CT molecular complexity index is 149. The summed E-state index contributed by atoms with van der Waals surface area (Å²) < 4.78 is 4.83. The van der Waals surface area contributed by atoms with Gasteiger partial charge in [-0.25, -0.2) is 0 Å². The molecule has 0 saturated carbocycles. The van der Waals surface area contributed by atoms with E-state index in [-0.39, 0.29) is 5.91 Å². The minimum Gasteiger partial charge on any atom is -0.384 e. The summed E-state index contributed by atoms with van der Waals surface area (Å²) in [6.07, 6.45) is 0.473. The molecule has 0 saturated heterocycles. The first-order valence-corrected chi connectivity index (χ1v) is 4.45. The van der Waals surface area contributed by atoms with E-state index in [0.717, 1.165) is 13.1 Å². The van der Waals surface area contributed by atoms with Crippen molar-refractivity contribution in [1.29, 1.82) is 0 Å². The Labute approximate surface area is 80.5 Å². The van der Waals surface area contributed by atoms with Gasteiger partial charge in [-0.05, 0) is 14.1 Å². The molecule has 0 aromatic carbocycles. The molecular formula is C9H20N2O2. The summed E-state index contributed by atoms with van der Waals surface area (Å²) >= 11 is 0. The third kappa shape index (κ3) is 6.54. The molecule has 0 aromatic heterocycles. The molecule has 4 heteroatoms. The number of methoxy groups -OCH3 is 1. The van der Waals surface area contributed by atoms with E-state index in [1.165, 1.54) is 0 Å². The summed E-state index contributed by atoms with van der Waals surface area (Å²) in [6, 6.07) is 0. The second kappa shape index (κ2) is 6.86. The number of ether oxygens (including phenoxy) is 1. The summed E-state index contributed by atoms with van der Waals surface area (Å²) in [5, 5.41) is 0. The number of rotatable bonds is 6. The van der Waals surface area contributed by atoms with Crippen LogP contribution < -0.4 is 0 Å². The van der Waals surface area contributed by atoms with Gasteiger partial charge >= 0.3 is 0 Å². The monoisotopic (exact) mass is 188 g/mol. The lowest BCUT2D eigenvalue weighted by Crippen LogP contribution is -2.33. The highest BCUT2D eigenvalue weighted by Gasteiger charge is 2.07. The average molecular weight is 188 g/mol. The van der Waals surface area contributed by atoms with E-state index in [1.807, 2.05) is 21.1 Å². The number of carbonyl (C=O) groups excluding carboxylic acids is 1. The van der Waals surface area contributed by atoms with Crippen molar-refractivity contribution in [2.24, 2.45) is 0 Å². The van der Waals surface area contributed by atoms with Gasteiger partial charge in [0.15, 0.2) is 0 Å². The number of hydrogen-bond donors (Lipinski definition) is 0. The number of carbonyl (C=O) groups is 1. The fraction of sp³-hybridized carbons (Fsp3) is 0.889. The van der Waals surface area contributed by atoms with Crippen LogP contribution in [-0.2, 0) is 9.53 Å². The second-order valence-electron chi connectivity index (χ2n) is 3.36. The molecular weight excluding hydrogens is 168 g/mol. The van der Waals surface area contributed by atoms with Crippen molar-refractivity contribution in [2.45, 2.75) is 6.42 Å². The third-order valence-corrected chi connectivity index (χ3v) is 1.83. The zero-order valence-corrected chi connectivity index (χ0v) is 9.04. The Morgan fingerprint density at radius 1 is 1.23 bits per heavy atom. The predicted octanol–water partition coefficient (Wildman–Crippen LogP) is 0.0429. The molecule has 0 unspecified atom stereocenters. The molecule has 0 heterocycles. The van der Waals surface area contributed by atoms with Crippen LogP contribution in [0.2, 0.25) is 0 Å². The standard InChI is InChI=1S/C9H20N2O2/c1-10(2)6-7-11(3)9(12)5-8-13-4/h5-8H2,1-4H3. The van der Waals surface area contributed by atoms with Gasteiger partial charge in [-0.2, -0.15) is 0 Å². The molecule has 13 heavy (non-hydrogen) atoms. The van der Waals surface area contributed by atoms with E-state index in [4.69, 9.17) is 4.74 Å². The average Bonchev–Trinajstić information content (AvgIpc) is 2.10. The van der Waals surface area contributed by atoms with Crippen LogP contribution in [0.3, 0.4) is 0 Å². The van der Waals surface area contributed by atoms with Gasteiger partial charge in [-0.1, -0.05) is 0 Å². The van der Waals surface area contributed by atoms with Crippen molar-refractivity contribution in [1.82, 2.24) is 9.80 Å². The number of amides is 1. The highest BCUT2D eigenvalue weighted by molar-refractivity contribution is 5.75. The van der Waals surface area contributed by atoms with E-state index < -0.39 is 0 Å². The summed E-state index contributed by atoms with van der Waals surface area (Å²) in [5.41, 5.74) is 0. The Kier molecular flexibility index (Phi) is 6.54. The molecule has 0 atom stereocenters. The van der Waals surface area contributed by atoms with Gasteiger partial charge < -0.3 is 14.5 Å². The fourth-order valence-corrected chi connectivity index (χ4v) is 0.855. The molecule has 1 amide bonds. The van der Waals surface area contributed by atoms with E-state index >= 15 is 0 Å². The Balaban J connectivity index is 3.57. The number of likely N-dealkylation sites (N-methyl/N-ethyl adjacent to an activating group) is 2. The molecule has 0 aromatic rings. The van der Waals surface area contributed by atoms with Crippen LogP contribution >= 0.6 is 0 Å². The van der Waals surface area contributed by atoms with Gasteiger partial charge in [0.1, 0.15) is 0 Å². The maximum absolute atomic E-state index is 11.3. The lowest BCUT2D eigenvalue weighted by atomic mass is 10.4. The lowest BCUT2D eigenvalue weighted by molar-refractivity contribution is -0.130. The maximum atomic E-state index is 11.3. The highest BCUT2D eigenvalue weighted by Crippen LogP contribution is 1.91. The molecule has 0 aliphatic carbocycles. The quantitative estimate of drug-likeness (QED) is 0.590. The van der Waals surface area contributed by atoms with Gasteiger partial charge in [-0.15, -0.1) is 0 Å². The van der Waals surface area contributed by atoms with Crippen molar-refractivity contribution < 1.29 is 9.53 Å². The molecule has 0 fully saturated rings. The molecule has 0 aliphatic heterocycles. The Morgan fingerprint density at radius 2 is 1.85 bits per heavy atom. The van der Waals surface area contributed by atoms with Crippen LogP contribution in [-0.4, -0.2) is 63.7 Å². The first-order chi connectivity index (χ1) is 6.07. The second-order valence-corrected chi connectivity index (χ2v) is 3.36. The van der Waals surface area contributed by atoms with Gasteiger partial charge in [0.25, 0.3) is 0 Å². The predicted molar refractivity (Wildman–Crippen MR) is 52.7 cm³/mol. The van der Waals surface area contributed by atoms with Crippen LogP contribution in [0.5, 0.6) is 0 Å². The molecule has 4 nitrogen and oxygen atoms in total. The smallest absolute Gasteiger partial charge is 0.224 e. The SMILES string of the molecule is COCCC(=O)N(C)CCN(C)C. The number of hydrogen-bond acceptors (Lipinski definition) is 3. The first kappa shape index (κ1) is 12.4. The van der Waals surface area contributed by atoms with Crippen molar-refractivity contribution in [3.63, 3.8) is 0 Å². The number of nitrogens with zero attached hydrogens (tertiary/aromatic N) is 2. The van der Waals surface area contributed by atoms with Gasteiger partial charge in [0.05, 0.1) is 13.0 Å². The van der Waals surface area contributed by atoms with Crippen LogP contribution in [0.1, 0.15) is 6.42 Å². The van der Waals surface area contributed by atoms with E-state index in [0.29, 0.717) is 13.0 Å². The molecule has 78 valence electrons. The van der Waals surface area contributed by atoms with Gasteiger partial charge in [-0.3, -0.25) is 4.79 Å². The lowest BCUT2D eigenvalue weighted by Gasteiger charge is -2.19. The normalized spacial score (nSPS) is 10.5. The summed E-state index contributed by atoms with van der Waals surface area (Å²) in [7, 11) is 7.41. The van der Waals surface area contributed by atoms with Crippen molar-refractivity contribution in [2.75, 3.05) is 47.9 Å². The molecule has 0 bridgehead atoms. The van der Waals surface area contributed by atoms with Crippen LogP contribution in [0.25, 0.3) is 0 Å². The molecule has 0 rings (SSSR count). The van der Waals surface area contributed by atoms with E-state index in [2.05, 4.69) is 4.90 Å². The van der Waals surface area contributed by atoms with Crippen LogP contribution in [0.15, 0.2) is 0 Å². The molecule has 0 radical (unpaired) electrons. The molecule has 0 N–H and O–H groups in total. The van der Waals surface area contributed by atoms with E-state index in [9.17, 15) is 4.79 Å².